The lowest BCUT2D eigenvalue weighted by Crippen LogP contribution is -2.42. The smallest absolute Gasteiger partial charge is 0.0120 e. The van der Waals surface area contributed by atoms with Gasteiger partial charge in [-0.2, -0.15) is 0 Å². The van der Waals surface area contributed by atoms with Gasteiger partial charge in [0.05, 0.1) is 0 Å². The summed E-state index contributed by atoms with van der Waals surface area (Å²) in [6.45, 7) is 7.86. The quantitative estimate of drug-likeness (QED) is 0.590. The molecule has 0 aromatic heterocycles. The van der Waals surface area contributed by atoms with E-state index >= 15 is 0 Å². The van der Waals surface area contributed by atoms with Gasteiger partial charge in [0.2, 0.25) is 0 Å². The topological polar surface area (TPSA) is 15.3 Å². The summed E-state index contributed by atoms with van der Waals surface area (Å²) >= 11 is 0. The Labute approximate surface area is 76.3 Å². The minimum Gasteiger partial charge on any atom is -0.314 e. The molecule has 2 heteroatoms. The monoisotopic (exact) mass is 170 g/mol. The van der Waals surface area contributed by atoms with Crippen molar-refractivity contribution in [3.63, 3.8) is 0 Å². The van der Waals surface area contributed by atoms with Crippen LogP contribution in [0.25, 0.3) is 0 Å². The van der Waals surface area contributed by atoms with E-state index in [9.17, 15) is 0 Å². The Hall–Kier alpha value is -0.0800. The summed E-state index contributed by atoms with van der Waals surface area (Å²) in [5, 5.41) is 3.55. The van der Waals surface area contributed by atoms with Gasteiger partial charge in [-0.1, -0.05) is 13.8 Å². The van der Waals surface area contributed by atoms with E-state index in [0.717, 1.165) is 12.0 Å². The molecule has 0 amide bonds. The van der Waals surface area contributed by atoms with Crippen molar-refractivity contribution in [2.75, 3.05) is 26.7 Å². The molecule has 12 heavy (non-hydrogen) atoms. The van der Waals surface area contributed by atoms with E-state index in [1.807, 2.05) is 13.8 Å². The van der Waals surface area contributed by atoms with E-state index in [-0.39, 0.29) is 0 Å². The van der Waals surface area contributed by atoms with E-state index < -0.39 is 0 Å². The molecule has 0 aromatic rings. The van der Waals surface area contributed by atoms with Crippen molar-refractivity contribution < 1.29 is 0 Å². The molecule has 0 saturated carbocycles. The third-order valence-electron chi connectivity index (χ3n) is 2.86. The first-order valence-electron chi connectivity index (χ1n) is 5.28. The van der Waals surface area contributed by atoms with Crippen molar-refractivity contribution in [1.82, 2.24) is 10.2 Å². The van der Waals surface area contributed by atoms with Gasteiger partial charge in [-0.3, -0.25) is 0 Å². The van der Waals surface area contributed by atoms with Crippen LogP contribution < -0.4 is 5.32 Å². The number of likely N-dealkylation sites (tertiary alicyclic amines) is 1. The minimum absolute atomic E-state index is 0.858. The van der Waals surface area contributed by atoms with Crippen LogP contribution in [0.15, 0.2) is 0 Å². The lowest BCUT2D eigenvalue weighted by atomic mass is 9.94. The van der Waals surface area contributed by atoms with Crippen molar-refractivity contribution in [1.29, 1.82) is 0 Å². The van der Waals surface area contributed by atoms with Crippen LogP contribution >= 0.6 is 0 Å². The maximum atomic E-state index is 3.55. The molecule has 0 spiro atoms. The van der Waals surface area contributed by atoms with Crippen LogP contribution in [0.3, 0.4) is 0 Å². The molecule has 0 bridgehead atoms. The Bertz CT molecular complexity index is 125. The Morgan fingerprint density at radius 2 is 2.00 bits per heavy atom. The first-order valence-corrected chi connectivity index (χ1v) is 5.28. The largest absolute Gasteiger partial charge is 0.314 e. The highest BCUT2D eigenvalue weighted by Crippen LogP contribution is 2.23. The number of nitrogens with one attached hydrogen (secondary N) is 1. The van der Waals surface area contributed by atoms with Gasteiger partial charge in [0.1, 0.15) is 0 Å². The second-order valence-electron chi connectivity index (χ2n) is 3.66. The lowest BCUT2D eigenvalue weighted by molar-refractivity contribution is 0.195. The van der Waals surface area contributed by atoms with E-state index in [2.05, 4.69) is 17.3 Å². The van der Waals surface area contributed by atoms with Crippen molar-refractivity contribution in [3.8, 4) is 0 Å². The van der Waals surface area contributed by atoms with Crippen LogP contribution in [0.1, 0.15) is 26.7 Å². The summed E-state index contributed by atoms with van der Waals surface area (Å²) in [6.07, 6.45) is 2.76. The molecule has 1 N–H and O–H groups in total. The molecule has 0 radical (unpaired) electrons. The zero-order valence-corrected chi connectivity index (χ0v) is 8.64. The molecule has 2 atom stereocenters. The highest BCUT2D eigenvalue weighted by atomic mass is 15.1. The first-order chi connectivity index (χ1) is 5.86. The standard InChI is InChI=1S/C8H16N2.C2H6/c1-10-5-3-8-7(6-10)2-4-9-8;1-2/h7-9H,2-6H2,1H3;1-2H3. The van der Waals surface area contributed by atoms with Crippen LogP contribution in [-0.4, -0.2) is 37.6 Å². The molecule has 2 unspecified atom stereocenters. The molecular formula is C10H22N2. The number of hydrogen-bond acceptors (Lipinski definition) is 2. The van der Waals surface area contributed by atoms with Crippen LogP contribution in [0.5, 0.6) is 0 Å². The number of nitrogens with zero attached hydrogens (tertiary/aromatic N) is 1. The van der Waals surface area contributed by atoms with Gasteiger partial charge in [-0.25, -0.2) is 0 Å². The van der Waals surface area contributed by atoms with Crippen molar-refractivity contribution in [2.45, 2.75) is 32.7 Å². The number of fused-ring (bicyclic) bond motifs is 1. The van der Waals surface area contributed by atoms with E-state index in [4.69, 9.17) is 0 Å². The molecule has 2 aliphatic heterocycles. The van der Waals surface area contributed by atoms with Crippen LogP contribution in [0, 0.1) is 5.92 Å². The normalized spacial score (nSPS) is 35.2. The summed E-state index contributed by atoms with van der Waals surface area (Å²) in [5.41, 5.74) is 0. The summed E-state index contributed by atoms with van der Waals surface area (Å²) in [7, 11) is 2.23. The maximum absolute atomic E-state index is 3.55. The molecule has 2 fully saturated rings. The van der Waals surface area contributed by atoms with Crippen molar-refractivity contribution in [3.05, 3.63) is 0 Å². The predicted molar refractivity (Wildman–Crippen MR) is 53.4 cm³/mol. The van der Waals surface area contributed by atoms with Crippen molar-refractivity contribution >= 4 is 0 Å². The Kier molecular flexibility index (Phi) is 4.02. The van der Waals surface area contributed by atoms with Crippen LogP contribution in [0.2, 0.25) is 0 Å². The summed E-state index contributed by atoms with van der Waals surface area (Å²) in [5.74, 6) is 0.957. The number of rotatable bonds is 0. The molecule has 72 valence electrons. The molecule has 2 saturated heterocycles. The van der Waals surface area contributed by atoms with Gasteiger partial charge < -0.3 is 10.2 Å². The fourth-order valence-corrected chi connectivity index (χ4v) is 2.23. The summed E-state index contributed by atoms with van der Waals surface area (Å²) in [4.78, 5) is 2.45. The second-order valence-corrected chi connectivity index (χ2v) is 3.66. The zero-order valence-electron chi connectivity index (χ0n) is 8.64. The average Bonchev–Trinajstić information content (AvgIpc) is 2.54. The van der Waals surface area contributed by atoms with Gasteiger partial charge in [0.15, 0.2) is 0 Å². The zero-order chi connectivity index (χ0) is 8.97. The fourth-order valence-electron chi connectivity index (χ4n) is 2.23. The lowest BCUT2D eigenvalue weighted by Gasteiger charge is -2.31. The first kappa shape index (κ1) is 10.0. The van der Waals surface area contributed by atoms with E-state index in [1.54, 1.807) is 0 Å². The molecule has 2 aliphatic rings. The molecule has 2 rings (SSSR count). The number of piperidine rings is 1. The van der Waals surface area contributed by atoms with Gasteiger partial charge in [0.25, 0.3) is 0 Å². The molecule has 0 aliphatic carbocycles. The van der Waals surface area contributed by atoms with Crippen LogP contribution in [-0.2, 0) is 0 Å². The third-order valence-corrected chi connectivity index (χ3v) is 2.86. The Balaban J connectivity index is 0.000000336. The van der Waals surface area contributed by atoms with E-state index in [1.165, 1.54) is 32.5 Å². The predicted octanol–water partition coefficient (Wildman–Crippen LogP) is 1.33. The second kappa shape index (κ2) is 4.83. The highest BCUT2D eigenvalue weighted by Gasteiger charge is 2.30. The minimum atomic E-state index is 0.858. The van der Waals surface area contributed by atoms with Gasteiger partial charge >= 0.3 is 0 Å². The summed E-state index contributed by atoms with van der Waals surface area (Å²) in [6, 6.07) is 0.858. The van der Waals surface area contributed by atoms with Crippen LogP contribution in [0.4, 0.5) is 0 Å². The number of hydrogen-bond donors (Lipinski definition) is 1. The Morgan fingerprint density at radius 1 is 1.25 bits per heavy atom. The van der Waals surface area contributed by atoms with Crippen molar-refractivity contribution in [2.24, 2.45) is 5.92 Å². The molecular weight excluding hydrogens is 148 g/mol. The Morgan fingerprint density at radius 3 is 2.75 bits per heavy atom. The molecule has 2 heterocycles. The molecule has 2 nitrogen and oxygen atoms in total. The SMILES string of the molecule is CC.CN1CCC2NCCC2C1. The highest BCUT2D eigenvalue weighted by molar-refractivity contribution is 4.89. The molecule has 0 aromatic carbocycles. The third kappa shape index (κ3) is 2.20. The van der Waals surface area contributed by atoms with Gasteiger partial charge in [-0.05, 0) is 38.9 Å². The average molecular weight is 170 g/mol. The van der Waals surface area contributed by atoms with Gasteiger partial charge in [-0.15, -0.1) is 0 Å². The fraction of sp³-hybridized carbons (Fsp3) is 1.00. The van der Waals surface area contributed by atoms with Gasteiger partial charge in [0, 0.05) is 12.6 Å². The maximum Gasteiger partial charge on any atom is 0.0120 e. The summed E-state index contributed by atoms with van der Waals surface area (Å²) < 4.78 is 0. The van der Waals surface area contributed by atoms with E-state index in [0.29, 0.717) is 0 Å².